The van der Waals surface area contributed by atoms with Gasteiger partial charge >= 0.3 is 12.0 Å². The lowest BCUT2D eigenvalue weighted by Gasteiger charge is -2.17. The summed E-state index contributed by atoms with van der Waals surface area (Å²) in [6, 6.07) is -0.642. The van der Waals surface area contributed by atoms with Gasteiger partial charge in [-0.05, 0) is 12.8 Å². The smallest absolute Gasteiger partial charge is 0.333 e. The van der Waals surface area contributed by atoms with Gasteiger partial charge in [0.15, 0.2) is 4.87 Å². The number of carboxylic acid groups (broad SMARTS) is 1. The first-order chi connectivity index (χ1) is 5.86. The van der Waals surface area contributed by atoms with E-state index >= 15 is 0 Å². The number of carboxylic acids is 1. The highest BCUT2D eigenvalue weighted by Crippen LogP contribution is 2.13. The van der Waals surface area contributed by atoms with Gasteiger partial charge in [0, 0.05) is 6.54 Å². The molecule has 0 heterocycles. The third kappa shape index (κ3) is 5.31. The van der Waals surface area contributed by atoms with Crippen LogP contribution in [-0.4, -0.2) is 28.5 Å². The molecule has 0 rings (SSSR count). The molecule has 0 aliphatic carbocycles. The van der Waals surface area contributed by atoms with Gasteiger partial charge in [-0.3, -0.25) is 0 Å². The average molecular weight is 207 g/mol. The van der Waals surface area contributed by atoms with Crippen molar-refractivity contribution >= 4 is 24.6 Å². The maximum Gasteiger partial charge on any atom is 0.333 e. The minimum atomic E-state index is -1.54. The van der Waals surface area contributed by atoms with Crippen LogP contribution in [0.1, 0.15) is 12.8 Å². The monoisotopic (exact) mass is 207 g/mol. The van der Waals surface area contributed by atoms with Crippen LogP contribution >= 0.6 is 12.6 Å². The lowest BCUT2D eigenvalue weighted by atomic mass is 10.1. The van der Waals surface area contributed by atoms with Gasteiger partial charge < -0.3 is 21.9 Å². The maximum atomic E-state index is 10.4. The zero-order valence-corrected chi connectivity index (χ0v) is 7.88. The van der Waals surface area contributed by atoms with Crippen LogP contribution in [0.2, 0.25) is 0 Å². The standard InChI is InChI=1S/C6H13N3O3S/c7-5(12)9-3-1-2-6(8,13)4(10)11/h13H,1-3,8H2,(H,10,11)(H3,7,9,12). The first-order valence-corrected chi connectivity index (χ1v) is 4.09. The summed E-state index contributed by atoms with van der Waals surface area (Å²) >= 11 is 3.74. The van der Waals surface area contributed by atoms with E-state index in [9.17, 15) is 9.59 Å². The van der Waals surface area contributed by atoms with E-state index in [1.807, 2.05) is 0 Å². The Labute approximate surface area is 81.1 Å². The number of hydrogen-bond donors (Lipinski definition) is 5. The summed E-state index contributed by atoms with van der Waals surface area (Å²) in [5, 5.41) is 10.8. The largest absolute Gasteiger partial charge is 0.479 e. The second-order valence-electron chi connectivity index (χ2n) is 2.62. The lowest BCUT2D eigenvalue weighted by molar-refractivity contribution is -0.139. The van der Waals surface area contributed by atoms with E-state index in [-0.39, 0.29) is 6.42 Å². The number of primary amides is 1. The quantitative estimate of drug-likeness (QED) is 0.228. The highest BCUT2D eigenvalue weighted by Gasteiger charge is 2.28. The van der Waals surface area contributed by atoms with Crippen LogP contribution in [0.5, 0.6) is 0 Å². The Morgan fingerprint density at radius 1 is 1.54 bits per heavy atom. The Kier molecular flexibility index (Phi) is 4.57. The normalized spacial score (nSPS) is 14.6. The van der Waals surface area contributed by atoms with Crippen LogP contribution in [0.15, 0.2) is 0 Å². The Hall–Kier alpha value is -0.950. The molecule has 0 radical (unpaired) electrons. The SMILES string of the molecule is NC(=O)NCCCC(N)(S)C(=O)O. The molecule has 0 aliphatic rings. The molecule has 0 bridgehead atoms. The predicted octanol–water partition coefficient (Wildman–Crippen LogP) is -0.896. The third-order valence-electron chi connectivity index (χ3n) is 1.40. The molecule has 6 N–H and O–H groups in total. The van der Waals surface area contributed by atoms with E-state index in [2.05, 4.69) is 17.9 Å². The predicted molar refractivity (Wildman–Crippen MR) is 50.4 cm³/mol. The molecule has 0 saturated carbocycles. The van der Waals surface area contributed by atoms with Gasteiger partial charge in [-0.1, -0.05) is 0 Å². The molecule has 0 aliphatic heterocycles. The number of urea groups is 1. The second-order valence-corrected chi connectivity index (χ2v) is 3.42. The van der Waals surface area contributed by atoms with Gasteiger partial charge in [0.25, 0.3) is 0 Å². The van der Waals surface area contributed by atoms with Crippen molar-refractivity contribution in [1.29, 1.82) is 0 Å². The summed E-state index contributed by atoms with van der Waals surface area (Å²) in [6.07, 6.45) is 0.570. The molecular formula is C6H13N3O3S. The van der Waals surface area contributed by atoms with Crippen molar-refractivity contribution in [2.45, 2.75) is 17.7 Å². The Bertz CT molecular complexity index is 207. The van der Waals surface area contributed by atoms with E-state index in [0.717, 1.165) is 0 Å². The molecule has 0 aromatic heterocycles. The number of aliphatic carboxylic acids is 1. The van der Waals surface area contributed by atoms with Gasteiger partial charge in [0.2, 0.25) is 0 Å². The number of thiol groups is 1. The fourth-order valence-corrected chi connectivity index (χ4v) is 0.835. The Balaban J connectivity index is 3.64. The molecule has 6 nitrogen and oxygen atoms in total. The highest BCUT2D eigenvalue weighted by atomic mass is 32.1. The van der Waals surface area contributed by atoms with Gasteiger partial charge in [-0.15, -0.1) is 12.6 Å². The Morgan fingerprint density at radius 3 is 2.46 bits per heavy atom. The lowest BCUT2D eigenvalue weighted by Crippen LogP contribution is -2.43. The van der Waals surface area contributed by atoms with Crippen molar-refractivity contribution < 1.29 is 14.7 Å². The number of carbonyl (C=O) groups excluding carboxylic acids is 1. The van der Waals surface area contributed by atoms with Crippen molar-refractivity contribution in [3.8, 4) is 0 Å². The zero-order valence-electron chi connectivity index (χ0n) is 6.99. The van der Waals surface area contributed by atoms with Crippen LogP contribution in [0.4, 0.5) is 4.79 Å². The van der Waals surface area contributed by atoms with E-state index in [4.69, 9.17) is 16.6 Å². The summed E-state index contributed by atoms with van der Waals surface area (Å²) in [7, 11) is 0. The minimum absolute atomic E-state index is 0.158. The van der Waals surface area contributed by atoms with Crippen LogP contribution in [0, 0.1) is 0 Å². The molecular weight excluding hydrogens is 194 g/mol. The summed E-state index contributed by atoms with van der Waals surface area (Å²) in [6.45, 7) is 0.294. The number of rotatable bonds is 5. The van der Waals surface area contributed by atoms with Crippen LogP contribution in [-0.2, 0) is 4.79 Å². The first kappa shape index (κ1) is 12.0. The zero-order chi connectivity index (χ0) is 10.5. The number of nitrogens with two attached hydrogens (primary N) is 2. The number of carbonyl (C=O) groups is 2. The van der Waals surface area contributed by atoms with Gasteiger partial charge in [-0.2, -0.15) is 0 Å². The maximum absolute atomic E-state index is 10.4. The fraction of sp³-hybridized carbons (Fsp3) is 0.667. The van der Waals surface area contributed by atoms with Gasteiger partial charge in [0.1, 0.15) is 0 Å². The number of amides is 2. The minimum Gasteiger partial charge on any atom is -0.479 e. The molecule has 76 valence electrons. The summed E-state index contributed by atoms with van der Waals surface area (Å²) in [4.78, 5) is 19.1. The topological polar surface area (TPSA) is 118 Å². The summed E-state index contributed by atoms with van der Waals surface area (Å²) < 4.78 is 0. The van der Waals surface area contributed by atoms with E-state index in [0.29, 0.717) is 13.0 Å². The van der Waals surface area contributed by atoms with Gasteiger partial charge in [-0.25, -0.2) is 9.59 Å². The molecule has 0 fully saturated rings. The Morgan fingerprint density at radius 2 is 2.08 bits per heavy atom. The van der Waals surface area contributed by atoms with E-state index in [1.165, 1.54) is 0 Å². The first-order valence-electron chi connectivity index (χ1n) is 3.64. The fourth-order valence-electron chi connectivity index (χ4n) is 0.676. The van der Waals surface area contributed by atoms with Crippen molar-refractivity contribution in [2.24, 2.45) is 11.5 Å². The highest BCUT2D eigenvalue weighted by molar-refractivity contribution is 7.82. The van der Waals surface area contributed by atoms with Crippen molar-refractivity contribution in [1.82, 2.24) is 5.32 Å². The second kappa shape index (κ2) is 4.93. The third-order valence-corrected chi connectivity index (χ3v) is 1.82. The molecule has 0 saturated heterocycles. The molecule has 1 atom stereocenters. The molecule has 0 spiro atoms. The molecule has 13 heavy (non-hydrogen) atoms. The van der Waals surface area contributed by atoms with E-state index < -0.39 is 16.9 Å². The van der Waals surface area contributed by atoms with Crippen LogP contribution in [0.25, 0.3) is 0 Å². The number of hydrogen-bond acceptors (Lipinski definition) is 4. The van der Waals surface area contributed by atoms with Gasteiger partial charge in [0.05, 0.1) is 0 Å². The van der Waals surface area contributed by atoms with E-state index in [1.54, 1.807) is 0 Å². The molecule has 7 heteroatoms. The average Bonchev–Trinajstić information content (AvgIpc) is 1.97. The molecule has 0 aromatic rings. The van der Waals surface area contributed by atoms with Crippen molar-refractivity contribution in [2.75, 3.05) is 6.54 Å². The number of nitrogens with one attached hydrogen (secondary N) is 1. The van der Waals surface area contributed by atoms with Crippen molar-refractivity contribution in [3.63, 3.8) is 0 Å². The molecule has 2 amide bonds. The molecule has 1 unspecified atom stereocenters. The van der Waals surface area contributed by atoms with Crippen LogP contribution < -0.4 is 16.8 Å². The summed E-state index contributed by atoms with van der Waals surface area (Å²) in [5.74, 6) is -1.19. The summed E-state index contributed by atoms with van der Waals surface area (Å²) in [5.41, 5.74) is 10.1. The van der Waals surface area contributed by atoms with Crippen LogP contribution in [0.3, 0.4) is 0 Å². The van der Waals surface area contributed by atoms with Crippen molar-refractivity contribution in [3.05, 3.63) is 0 Å². The molecule has 0 aromatic carbocycles.